The van der Waals surface area contributed by atoms with E-state index in [9.17, 15) is 14.4 Å². The number of halogens is 2. The molecule has 0 aliphatic rings. The molecular weight excluding hydrogens is 434 g/mol. The standard InChI is InChI=1S/C15H17Br2NO5/c1-8(4-12(19)22-2)13(15(21)23-3)18-14(20)9-5-10(16)7-11(17)6-9/h5-8,13H,4H2,1-3H3,(H,18,20)/t8-,13+/m0/s1. The lowest BCUT2D eigenvalue weighted by molar-refractivity contribution is -0.146. The number of carbonyl (C=O) groups is 3. The van der Waals surface area contributed by atoms with Crippen molar-refractivity contribution < 1.29 is 23.9 Å². The summed E-state index contributed by atoms with van der Waals surface area (Å²) < 4.78 is 10.7. The molecule has 0 saturated heterocycles. The Morgan fingerprint density at radius 1 is 1.09 bits per heavy atom. The molecule has 1 aromatic carbocycles. The van der Waals surface area contributed by atoms with Gasteiger partial charge in [0.05, 0.1) is 20.6 Å². The van der Waals surface area contributed by atoms with Crippen molar-refractivity contribution in [3.05, 3.63) is 32.7 Å². The Morgan fingerprint density at radius 3 is 2.13 bits per heavy atom. The molecule has 0 fully saturated rings. The summed E-state index contributed by atoms with van der Waals surface area (Å²) in [6.07, 6.45) is -0.0152. The monoisotopic (exact) mass is 449 g/mol. The minimum Gasteiger partial charge on any atom is -0.469 e. The highest BCUT2D eigenvalue weighted by molar-refractivity contribution is 9.11. The lowest BCUT2D eigenvalue weighted by atomic mass is 9.98. The van der Waals surface area contributed by atoms with Gasteiger partial charge in [0, 0.05) is 14.5 Å². The Bertz CT molecular complexity index is 585. The van der Waals surface area contributed by atoms with Gasteiger partial charge in [-0.25, -0.2) is 4.79 Å². The fraction of sp³-hybridized carbons (Fsp3) is 0.400. The highest BCUT2D eigenvalue weighted by atomic mass is 79.9. The average Bonchev–Trinajstić information content (AvgIpc) is 2.50. The summed E-state index contributed by atoms with van der Waals surface area (Å²) in [5.74, 6) is -2.01. The highest BCUT2D eigenvalue weighted by Crippen LogP contribution is 2.20. The van der Waals surface area contributed by atoms with Crippen LogP contribution in [0.5, 0.6) is 0 Å². The van der Waals surface area contributed by atoms with Gasteiger partial charge in [0.25, 0.3) is 5.91 Å². The summed E-state index contributed by atoms with van der Waals surface area (Å²) in [5, 5.41) is 2.60. The maximum absolute atomic E-state index is 12.4. The maximum Gasteiger partial charge on any atom is 0.328 e. The molecule has 0 spiro atoms. The van der Waals surface area contributed by atoms with Crippen molar-refractivity contribution in [2.75, 3.05) is 14.2 Å². The average molecular weight is 451 g/mol. The van der Waals surface area contributed by atoms with Gasteiger partial charge >= 0.3 is 11.9 Å². The number of esters is 2. The number of benzene rings is 1. The Kier molecular flexibility index (Phi) is 7.70. The second kappa shape index (κ2) is 9.02. The zero-order chi connectivity index (χ0) is 17.6. The number of nitrogens with one attached hydrogen (secondary N) is 1. The molecule has 0 aliphatic carbocycles. The van der Waals surface area contributed by atoms with Crippen LogP contribution in [0, 0.1) is 5.92 Å². The minimum absolute atomic E-state index is 0.0152. The molecule has 8 heteroatoms. The quantitative estimate of drug-likeness (QED) is 0.673. The first-order valence-corrected chi connectivity index (χ1v) is 8.28. The predicted molar refractivity (Wildman–Crippen MR) is 90.9 cm³/mol. The van der Waals surface area contributed by atoms with Gasteiger partial charge in [0.15, 0.2) is 0 Å². The van der Waals surface area contributed by atoms with Crippen LogP contribution in [0.4, 0.5) is 0 Å². The van der Waals surface area contributed by atoms with Gasteiger partial charge in [-0.3, -0.25) is 9.59 Å². The lowest BCUT2D eigenvalue weighted by Gasteiger charge is -2.22. The predicted octanol–water partition coefficient (Wildman–Crippen LogP) is 2.68. The summed E-state index contributed by atoms with van der Waals surface area (Å²) in [6.45, 7) is 1.66. The molecule has 2 atom stereocenters. The largest absolute Gasteiger partial charge is 0.469 e. The molecule has 6 nitrogen and oxygen atoms in total. The molecule has 0 saturated carbocycles. The molecule has 0 heterocycles. The molecular formula is C15H17Br2NO5. The third-order valence-corrected chi connectivity index (χ3v) is 4.07. The number of methoxy groups -OCH3 is 2. The summed E-state index contributed by atoms with van der Waals surface area (Å²) >= 11 is 6.60. The van der Waals surface area contributed by atoms with Crippen LogP contribution in [0.1, 0.15) is 23.7 Å². The summed E-state index contributed by atoms with van der Waals surface area (Å²) in [4.78, 5) is 35.7. The number of hydrogen-bond acceptors (Lipinski definition) is 5. The molecule has 0 bridgehead atoms. The molecule has 23 heavy (non-hydrogen) atoms. The highest BCUT2D eigenvalue weighted by Gasteiger charge is 2.30. The summed E-state index contributed by atoms with van der Waals surface area (Å²) in [5.41, 5.74) is 0.366. The van der Waals surface area contributed by atoms with Crippen LogP contribution < -0.4 is 5.32 Å². The Labute approximate surface area is 151 Å². The van der Waals surface area contributed by atoms with Gasteiger partial charge in [0.1, 0.15) is 6.04 Å². The third kappa shape index (κ3) is 5.95. The second-order valence-electron chi connectivity index (χ2n) is 4.89. The van der Waals surface area contributed by atoms with E-state index in [1.54, 1.807) is 25.1 Å². The summed E-state index contributed by atoms with van der Waals surface area (Å²) in [7, 11) is 2.49. The third-order valence-electron chi connectivity index (χ3n) is 3.15. The first-order chi connectivity index (χ1) is 10.8. The van der Waals surface area contributed by atoms with E-state index in [4.69, 9.17) is 4.74 Å². The van der Waals surface area contributed by atoms with Gasteiger partial charge in [-0.1, -0.05) is 38.8 Å². The van der Waals surface area contributed by atoms with Gasteiger partial charge in [-0.05, 0) is 24.1 Å². The Hall–Kier alpha value is -1.41. The number of carbonyl (C=O) groups excluding carboxylic acids is 3. The van der Waals surface area contributed by atoms with Crippen molar-refractivity contribution in [1.29, 1.82) is 0 Å². The van der Waals surface area contributed by atoms with Crippen LogP contribution in [-0.2, 0) is 19.1 Å². The number of rotatable bonds is 6. The molecule has 126 valence electrons. The Balaban J connectivity index is 2.94. The molecule has 1 rings (SSSR count). The van der Waals surface area contributed by atoms with Gasteiger partial charge in [-0.15, -0.1) is 0 Å². The van der Waals surface area contributed by atoms with Gasteiger partial charge in [0.2, 0.25) is 0 Å². The van der Waals surface area contributed by atoms with E-state index in [2.05, 4.69) is 41.9 Å². The van der Waals surface area contributed by atoms with E-state index >= 15 is 0 Å². The zero-order valence-corrected chi connectivity index (χ0v) is 16.1. The van der Waals surface area contributed by atoms with E-state index in [1.807, 2.05) is 0 Å². The number of hydrogen-bond donors (Lipinski definition) is 1. The molecule has 0 unspecified atom stereocenters. The first-order valence-electron chi connectivity index (χ1n) is 6.70. The molecule has 1 N–H and O–H groups in total. The number of amides is 1. The van der Waals surface area contributed by atoms with E-state index in [0.29, 0.717) is 14.5 Å². The topological polar surface area (TPSA) is 81.7 Å². The van der Waals surface area contributed by atoms with Crippen molar-refractivity contribution >= 4 is 49.7 Å². The fourth-order valence-electron chi connectivity index (χ4n) is 1.93. The van der Waals surface area contributed by atoms with Crippen LogP contribution in [0.15, 0.2) is 27.1 Å². The van der Waals surface area contributed by atoms with Crippen molar-refractivity contribution in [2.45, 2.75) is 19.4 Å². The van der Waals surface area contributed by atoms with Crippen molar-refractivity contribution in [2.24, 2.45) is 5.92 Å². The van der Waals surface area contributed by atoms with Crippen LogP contribution in [0.25, 0.3) is 0 Å². The minimum atomic E-state index is -0.954. The smallest absolute Gasteiger partial charge is 0.328 e. The van der Waals surface area contributed by atoms with Crippen LogP contribution in [0.3, 0.4) is 0 Å². The molecule has 1 aromatic rings. The van der Waals surface area contributed by atoms with Crippen molar-refractivity contribution in [3.8, 4) is 0 Å². The number of ether oxygens (including phenoxy) is 2. The summed E-state index contributed by atoms with van der Waals surface area (Å²) in [6, 6.07) is 4.08. The maximum atomic E-state index is 12.4. The van der Waals surface area contributed by atoms with Gasteiger partial charge < -0.3 is 14.8 Å². The molecule has 0 radical (unpaired) electrons. The second-order valence-corrected chi connectivity index (χ2v) is 6.72. The van der Waals surface area contributed by atoms with Crippen LogP contribution in [-0.4, -0.2) is 38.1 Å². The van der Waals surface area contributed by atoms with E-state index in [1.165, 1.54) is 14.2 Å². The molecule has 1 amide bonds. The van der Waals surface area contributed by atoms with Crippen molar-refractivity contribution in [3.63, 3.8) is 0 Å². The van der Waals surface area contributed by atoms with Crippen LogP contribution >= 0.6 is 31.9 Å². The molecule has 0 aliphatic heterocycles. The SMILES string of the molecule is COC(=O)C[C@H](C)[C@@H](NC(=O)c1cc(Br)cc(Br)c1)C(=O)OC. The van der Waals surface area contributed by atoms with Crippen molar-refractivity contribution in [1.82, 2.24) is 5.32 Å². The normalized spacial score (nSPS) is 12.9. The van der Waals surface area contributed by atoms with E-state index in [-0.39, 0.29) is 6.42 Å². The lowest BCUT2D eigenvalue weighted by Crippen LogP contribution is -2.46. The zero-order valence-electron chi connectivity index (χ0n) is 12.9. The Morgan fingerprint density at radius 2 is 1.65 bits per heavy atom. The first kappa shape index (κ1) is 19.6. The van der Waals surface area contributed by atoms with E-state index < -0.39 is 29.8 Å². The van der Waals surface area contributed by atoms with Gasteiger partial charge in [-0.2, -0.15) is 0 Å². The van der Waals surface area contributed by atoms with Crippen LogP contribution in [0.2, 0.25) is 0 Å². The van der Waals surface area contributed by atoms with E-state index in [0.717, 1.165) is 0 Å². The molecule has 0 aromatic heterocycles. The fourth-order valence-corrected chi connectivity index (χ4v) is 3.23.